The summed E-state index contributed by atoms with van der Waals surface area (Å²) in [5.41, 5.74) is 0.923. The number of fused-ring (bicyclic) bond motifs is 1. The maximum absolute atomic E-state index is 9.32. The molecule has 0 bridgehead atoms. The van der Waals surface area contributed by atoms with Gasteiger partial charge in [0.1, 0.15) is 11.5 Å². The van der Waals surface area contributed by atoms with Crippen molar-refractivity contribution in [3.63, 3.8) is 0 Å². The second-order valence-corrected chi connectivity index (χ2v) is 4.15. The zero-order valence-corrected chi connectivity index (χ0v) is 9.61. The van der Waals surface area contributed by atoms with Crippen LogP contribution in [0, 0.1) is 0 Å². The van der Waals surface area contributed by atoms with E-state index in [1.807, 2.05) is 0 Å². The van der Waals surface area contributed by atoms with Crippen LogP contribution in [0.4, 0.5) is 0 Å². The van der Waals surface area contributed by atoms with Gasteiger partial charge in [-0.25, -0.2) is 0 Å². The fourth-order valence-corrected chi connectivity index (χ4v) is 1.86. The smallest absolute Gasteiger partial charge is 0.200 e. The Bertz CT molecular complexity index is 349. The molecule has 2 rings (SSSR count). The number of phenolic OH excluding ortho intramolecular Hbond substituents is 1. The third-order valence-corrected chi connectivity index (χ3v) is 2.77. The zero-order chi connectivity index (χ0) is 11.4. The number of hydrogen-bond acceptors (Lipinski definition) is 3. The minimum Gasteiger partial charge on any atom is -0.508 e. The van der Waals surface area contributed by atoms with Gasteiger partial charge in [-0.05, 0) is 24.6 Å². The summed E-state index contributed by atoms with van der Waals surface area (Å²) in [7, 11) is 0. The topological polar surface area (TPSA) is 38.7 Å². The Balaban J connectivity index is 1.93. The average Bonchev–Trinajstić information content (AvgIpc) is 2.29. The minimum absolute atomic E-state index is 0.122. The van der Waals surface area contributed by atoms with Gasteiger partial charge in [-0.1, -0.05) is 19.8 Å². The van der Waals surface area contributed by atoms with Gasteiger partial charge in [0.25, 0.3) is 0 Å². The lowest BCUT2D eigenvalue weighted by atomic mass is 10.1. The lowest BCUT2D eigenvalue weighted by molar-refractivity contribution is -0.112. The average molecular weight is 222 g/mol. The van der Waals surface area contributed by atoms with E-state index in [1.54, 1.807) is 18.2 Å². The maximum Gasteiger partial charge on any atom is 0.200 e. The lowest BCUT2D eigenvalue weighted by Crippen LogP contribution is -2.25. The van der Waals surface area contributed by atoms with Gasteiger partial charge in [0.15, 0.2) is 6.29 Å². The molecule has 0 fully saturated rings. The largest absolute Gasteiger partial charge is 0.508 e. The zero-order valence-electron chi connectivity index (χ0n) is 9.61. The molecule has 88 valence electrons. The van der Waals surface area contributed by atoms with Crippen LogP contribution in [0.15, 0.2) is 18.2 Å². The van der Waals surface area contributed by atoms with Crippen molar-refractivity contribution in [1.82, 2.24) is 0 Å². The summed E-state index contributed by atoms with van der Waals surface area (Å²) in [5.74, 6) is 1.10. The normalized spacial score (nSPS) is 18.9. The molecule has 1 unspecified atom stereocenters. The first-order chi connectivity index (χ1) is 7.79. The highest BCUT2D eigenvalue weighted by molar-refractivity contribution is 5.39. The molecule has 0 aliphatic carbocycles. The maximum atomic E-state index is 9.32. The van der Waals surface area contributed by atoms with Crippen LogP contribution in [0.2, 0.25) is 0 Å². The molecule has 0 amide bonds. The van der Waals surface area contributed by atoms with Crippen LogP contribution in [0.1, 0.15) is 38.2 Å². The predicted molar refractivity (Wildman–Crippen MR) is 61.5 cm³/mol. The van der Waals surface area contributed by atoms with Crippen molar-refractivity contribution in [2.24, 2.45) is 0 Å². The Morgan fingerprint density at radius 1 is 1.38 bits per heavy atom. The third kappa shape index (κ3) is 2.67. The van der Waals surface area contributed by atoms with Gasteiger partial charge in [0.05, 0.1) is 6.61 Å². The van der Waals surface area contributed by atoms with E-state index in [-0.39, 0.29) is 12.0 Å². The number of unbranched alkanes of at least 4 members (excludes halogenated alkanes) is 2. The molecule has 0 saturated heterocycles. The summed E-state index contributed by atoms with van der Waals surface area (Å²) in [6.45, 7) is 2.71. The number of phenols is 1. The third-order valence-electron chi connectivity index (χ3n) is 2.77. The number of benzene rings is 1. The van der Waals surface area contributed by atoms with Crippen molar-refractivity contribution in [3.05, 3.63) is 23.8 Å². The Morgan fingerprint density at radius 3 is 3.06 bits per heavy atom. The van der Waals surface area contributed by atoms with Gasteiger partial charge < -0.3 is 14.6 Å². The summed E-state index contributed by atoms with van der Waals surface area (Å²) >= 11 is 0. The van der Waals surface area contributed by atoms with Crippen LogP contribution in [-0.2, 0) is 11.3 Å². The first-order valence-electron chi connectivity index (χ1n) is 5.89. The first-order valence-corrected chi connectivity index (χ1v) is 5.89. The Labute approximate surface area is 96.0 Å². The lowest BCUT2D eigenvalue weighted by Gasteiger charge is -2.26. The van der Waals surface area contributed by atoms with Crippen molar-refractivity contribution in [2.45, 2.75) is 45.5 Å². The van der Waals surface area contributed by atoms with Crippen LogP contribution in [0.5, 0.6) is 11.5 Å². The van der Waals surface area contributed by atoms with Crippen LogP contribution >= 0.6 is 0 Å². The summed E-state index contributed by atoms with van der Waals surface area (Å²) in [6, 6.07) is 5.14. The molecule has 1 heterocycles. The van der Waals surface area contributed by atoms with Crippen LogP contribution < -0.4 is 4.74 Å². The molecule has 1 atom stereocenters. The summed E-state index contributed by atoms with van der Waals surface area (Å²) < 4.78 is 11.3. The van der Waals surface area contributed by atoms with Gasteiger partial charge in [-0.3, -0.25) is 0 Å². The Morgan fingerprint density at radius 2 is 2.25 bits per heavy atom. The molecule has 0 radical (unpaired) electrons. The monoisotopic (exact) mass is 222 g/mol. The summed E-state index contributed by atoms with van der Waals surface area (Å²) in [4.78, 5) is 0. The minimum atomic E-state index is -0.122. The molecule has 1 aliphatic rings. The molecule has 3 nitrogen and oxygen atoms in total. The van der Waals surface area contributed by atoms with Crippen molar-refractivity contribution in [1.29, 1.82) is 0 Å². The molecule has 1 aromatic rings. The van der Waals surface area contributed by atoms with Crippen LogP contribution in [0.25, 0.3) is 0 Å². The summed E-state index contributed by atoms with van der Waals surface area (Å²) in [5, 5.41) is 9.32. The molecule has 0 aromatic heterocycles. The molecule has 16 heavy (non-hydrogen) atoms. The van der Waals surface area contributed by atoms with Crippen molar-refractivity contribution >= 4 is 0 Å². The van der Waals surface area contributed by atoms with Gasteiger partial charge in [-0.15, -0.1) is 0 Å². The second kappa shape index (κ2) is 5.21. The van der Waals surface area contributed by atoms with E-state index in [0.717, 1.165) is 24.2 Å². The molecule has 1 aliphatic heterocycles. The van der Waals surface area contributed by atoms with Crippen LogP contribution in [-0.4, -0.2) is 11.4 Å². The quantitative estimate of drug-likeness (QED) is 0.795. The van der Waals surface area contributed by atoms with Gasteiger partial charge >= 0.3 is 0 Å². The highest BCUT2D eigenvalue weighted by Gasteiger charge is 2.19. The van der Waals surface area contributed by atoms with Gasteiger partial charge in [0, 0.05) is 12.0 Å². The molecule has 0 saturated carbocycles. The fourth-order valence-electron chi connectivity index (χ4n) is 1.86. The van der Waals surface area contributed by atoms with E-state index in [9.17, 15) is 5.11 Å². The van der Waals surface area contributed by atoms with Gasteiger partial charge in [0.2, 0.25) is 0 Å². The van der Waals surface area contributed by atoms with Crippen molar-refractivity contribution in [3.8, 4) is 11.5 Å². The highest BCUT2D eigenvalue weighted by atomic mass is 16.7. The Kier molecular flexibility index (Phi) is 3.67. The SMILES string of the molecule is CCCCCC1OCc2cc(O)ccc2O1. The van der Waals surface area contributed by atoms with E-state index in [1.165, 1.54) is 12.8 Å². The highest BCUT2D eigenvalue weighted by Crippen LogP contribution is 2.30. The van der Waals surface area contributed by atoms with E-state index >= 15 is 0 Å². The molecule has 3 heteroatoms. The molecule has 1 N–H and O–H groups in total. The standard InChI is InChI=1S/C13H18O3/c1-2-3-4-5-13-15-9-10-8-11(14)6-7-12(10)16-13/h6-8,13-14H,2-5,9H2,1H3. The molecular weight excluding hydrogens is 204 g/mol. The summed E-state index contributed by atoms with van der Waals surface area (Å²) in [6.07, 6.45) is 4.37. The fraction of sp³-hybridized carbons (Fsp3) is 0.538. The van der Waals surface area contributed by atoms with Crippen LogP contribution in [0.3, 0.4) is 0 Å². The van der Waals surface area contributed by atoms with E-state index in [2.05, 4.69) is 6.92 Å². The van der Waals surface area contributed by atoms with E-state index < -0.39 is 0 Å². The number of hydrogen-bond donors (Lipinski definition) is 1. The number of rotatable bonds is 4. The molecular formula is C13H18O3. The van der Waals surface area contributed by atoms with Crippen molar-refractivity contribution in [2.75, 3.05) is 0 Å². The Hall–Kier alpha value is -1.22. The number of aromatic hydroxyl groups is 1. The second-order valence-electron chi connectivity index (χ2n) is 4.15. The molecule has 0 spiro atoms. The van der Waals surface area contributed by atoms with E-state index in [0.29, 0.717) is 6.61 Å². The van der Waals surface area contributed by atoms with Gasteiger partial charge in [-0.2, -0.15) is 0 Å². The number of ether oxygens (including phenoxy) is 2. The predicted octanol–water partition coefficient (Wildman–Crippen LogP) is 3.21. The van der Waals surface area contributed by atoms with E-state index in [4.69, 9.17) is 9.47 Å². The molecule has 1 aromatic carbocycles. The van der Waals surface area contributed by atoms with Crippen molar-refractivity contribution < 1.29 is 14.6 Å². The first kappa shape index (κ1) is 11.3.